The van der Waals surface area contributed by atoms with Crippen LogP contribution in [0.4, 0.5) is 42.0 Å². The number of nitrogens with zero attached hydrogens (tertiary/aromatic N) is 2. The summed E-state index contributed by atoms with van der Waals surface area (Å²) in [6, 6.07) is 7.65. The second kappa shape index (κ2) is 9.34. The number of nitrogens with one attached hydrogen (secondary N) is 3. The zero-order valence-electron chi connectivity index (χ0n) is 17.6. The molecule has 0 radical (unpaired) electrons. The highest BCUT2D eigenvalue weighted by molar-refractivity contribution is 7.22. The van der Waals surface area contributed by atoms with Crippen molar-refractivity contribution < 1.29 is 35.9 Å². The third-order valence-corrected chi connectivity index (χ3v) is 6.24. The number of piperazine rings is 1. The predicted octanol–water partition coefficient (Wildman–Crippen LogP) is 4.53. The Labute approximate surface area is 198 Å². The van der Waals surface area contributed by atoms with Crippen LogP contribution in [0.2, 0.25) is 0 Å². The second-order valence-electron chi connectivity index (χ2n) is 7.60. The van der Waals surface area contributed by atoms with Gasteiger partial charge in [-0.05, 0) is 42.0 Å². The molecule has 186 valence electrons. The molecule has 35 heavy (non-hydrogen) atoms. The minimum Gasteiger partial charge on any atom is -0.333 e. The van der Waals surface area contributed by atoms with E-state index in [1.807, 2.05) is 0 Å². The average Bonchev–Trinajstić information content (AvgIpc) is 3.17. The van der Waals surface area contributed by atoms with E-state index in [4.69, 9.17) is 0 Å². The molecule has 0 spiro atoms. The van der Waals surface area contributed by atoms with E-state index in [1.165, 1.54) is 18.2 Å². The van der Waals surface area contributed by atoms with Gasteiger partial charge in [-0.1, -0.05) is 17.4 Å². The number of rotatable bonds is 5. The molecule has 1 aliphatic rings. The molecule has 0 bridgehead atoms. The van der Waals surface area contributed by atoms with Gasteiger partial charge in [0.15, 0.2) is 5.13 Å². The summed E-state index contributed by atoms with van der Waals surface area (Å²) in [5, 5.41) is 7.14. The first-order chi connectivity index (χ1) is 16.5. The standard InChI is InChI=1S/C21H17F6N5O2S/c22-12-2-4-13(5-3-12)29-18(34)31-19-30-14-6-1-11(9-15(14)35-19)20(21(25,26)27)17(33)32(8-7-28-20)10-16(23)24/h1-6,9,16,28H,7-8,10H2,(H2,29,30,31,34)/t20-/m1/s1. The lowest BCUT2D eigenvalue weighted by atomic mass is 9.85. The first kappa shape index (κ1) is 24.7. The Bertz CT molecular complexity index is 1250. The van der Waals surface area contributed by atoms with Crippen LogP contribution in [0.3, 0.4) is 0 Å². The Hall–Kier alpha value is -3.39. The van der Waals surface area contributed by atoms with E-state index in [-0.39, 0.29) is 28.4 Å². The molecular weight excluding hydrogens is 500 g/mol. The number of alkyl halides is 5. The number of amides is 3. The van der Waals surface area contributed by atoms with E-state index in [9.17, 15) is 35.9 Å². The van der Waals surface area contributed by atoms with Crippen LogP contribution in [0.25, 0.3) is 10.2 Å². The topological polar surface area (TPSA) is 86.4 Å². The molecule has 2 aromatic carbocycles. The quantitative estimate of drug-likeness (QED) is 0.434. The molecule has 3 N–H and O–H groups in total. The molecule has 3 amide bonds. The molecule has 1 atom stereocenters. The Morgan fingerprint density at radius 1 is 1.17 bits per heavy atom. The smallest absolute Gasteiger partial charge is 0.333 e. The molecule has 14 heteroatoms. The van der Waals surface area contributed by atoms with Gasteiger partial charge in [-0.3, -0.25) is 15.4 Å². The number of hydrogen-bond donors (Lipinski definition) is 3. The van der Waals surface area contributed by atoms with Crippen molar-refractivity contribution in [3.05, 3.63) is 53.8 Å². The molecule has 2 heterocycles. The van der Waals surface area contributed by atoms with Crippen LogP contribution in [-0.4, -0.2) is 54.1 Å². The zero-order valence-corrected chi connectivity index (χ0v) is 18.4. The minimum absolute atomic E-state index is 0.0556. The fourth-order valence-electron chi connectivity index (χ4n) is 3.75. The average molecular weight is 517 g/mol. The summed E-state index contributed by atoms with van der Waals surface area (Å²) >= 11 is 0.856. The maximum Gasteiger partial charge on any atom is 0.419 e. The number of urea groups is 1. The molecule has 4 rings (SSSR count). The van der Waals surface area contributed by atoms with Gasteiger partial charge in [-0.25, -0.2) is 22.9 Å². The van der Waals surface area contributed by atoms with Gasteiger partial charge in [0.25, 0.3) is 12.3 Å². The third kappa shape index (κ3) is 4.89. The Morgan fingerprint density at radius 2 is 1.89 bits per heavy atom. The van der Waals surface area contributed by atoms with Gasteiger partial charge in [0.2, 0.25) is 5.54 Å². The van der Waals surface area contributed by atoms with Gasteiger partial charge < -0.3 is 10.2 Å². The summed E-state index contributed by atoms with van der Waals surface area (Å²) in [5.74, 6) is -2.00. The molecule has 0 saturated carbocycles. The first-order valence-corrected chi connectivity index (χ1v) is 10.9. The summed E-state index contributed by atoms with van der Waals surface area (Å²) in [7, 11) is 0. The molecular formula is C21H17F6N5O2S. The van der Waals surface area contributed by atoms with Crippen molar-refractivity contribution in [2.75, 3.05) is 30.3 Å². The van der Waals surface area contributed by atoms with Gasteiger partial charge >= 0.3 is 12.2 Å². The van der Waals surface area contributed by atoms with Crippen molar-refractivity contribution in [1.29, 1.82) is 0 Å². The predicted molar refractivity (Wildman–Crippen MR) is 117 cm³/mol. The van der Waals surface area contributed by atoms with Crippen molar-refractivity contribution >= 4 is 44.3 Å². The number of fused-ring (bicyclic) bond motifs is 1. The van der Waals surface area contributed by atoms with Gasteiger partial charge in [0.05, 0.1) is 16.8 Å². The highest BCUT2D eigenvalue weighted by atomic mass is 32.1. The molecule has 0 unspecified atom stereocenters. The van der Waals surface area contributed by atoms with Gasteiger partial charge in [0, 0.05) is 18.8 Å². The van der Waals surface area contributed by atoms with Crippen LogP contribution in [-0.2, 0) is 10.3 Å². The van der Waals surface area contributed by atoms with Crippen LogP contribution in [0.15, 0.2) is 42.5 Å². The number of thiazole rings is 1. The van der Waals surface area contributed by atoms with Gasteiger partial charge in [0.1, 0.15) is 5.82 Å². The van der Waals surface area contributed by atoms with Crippen LogP contribution in [0.5, 0.6) is 0 Å². The molecule has 1 fully saturated rings. The Balaban J connectivity index is 1.62. The SMILES string of the molecule is O=C(Nc1ccc(F)cc1)Nc1nc2ccc([C@@]3(C(F)(F)F)NCCN(CC(F)F)C3=O)cc2s1. The van der Waals surface area contributed by atoms with Crippen molar-refractivity contribution in [3.63, 3.8) is 0 Å². The zero-order chi connectivity index (χ0) is 25.4. The lowest BCUT2D eigenvalue weighted by Gasteiger charge is -2.43. The molecule has 1 aliphatic heterocycles. The number of aromatic nitrogens is 1. The maximum absolute atomic E-state index is 14.3. The second-order valence-corrected chi connectivity index (χ2v) is 8.63. The summed E-state index contributed by atoms with van der Waals surface area (Å²) in [4.78, 5) is 29.7. The lowest BCUT2D eigenvalue weighted by Crippen LogP contribution is -2.69. The first-order valence-electron chi connectivity index (χ1n) is 10.1. The summed E-state index contributed by atoms with van der Waals surface area (Å²) in [6.07, 6.45) is -8.11. The highest BCUT2D eigenvalue weighted by Gasteiger charge is 2.64. The van der Waals surface area contributed by atoms with Crippen LogP contribution in [0.1, 0.15) is 5.56 Å². The summed E-state index contributed by atoms with van der Waals surface area (Å²) in [6.45, 7) is -1.74. The molecule has 1 aromatic heterocycles. The Kier molecular flexibility index (Phi) is 6.60. The lowest BCUT2D eigenvalue weighted by molar-refractivity contribution is -0.215. The number of hydrogen-bond acceptors (Lipinski definition) is 5. The molecule has 0 aliphatic carbocycles. The van der Waals surface area contributed by atoms with Crippen molar-refractivity contribution in [3.8, 4) is 0 Å². The summed E-state index contributed by atoms with van der Waals surface area (Å²) < 4.78 is 81.7. The van der Waals surface area contributed by atoms with Crippen LogP contribution >= 0.6 is 11.3 Å². The van der Waals surface area contributed by atoms with E-state index in [0.29, 0.717) is 10.6 Å². The van der Waals surface area contributed by atoms with Crippen molar-refractivity contribution in [2.24, 2.45) is 0 Å². The number of anilines is 2. The van der Waals surface area contributed by atoms with E-state index in [2.05, 4.69) is 20.9 Å². The molecule has 1 saturated heterocycles. The minimum atomic E-state index is -5.13. The summed E-state index contributed by atoms with van der Waals surface area (Å²) in [5.41, 5.74) is -3.13. The van der Waals surface area contributed by atoms with E-state index in [0.717, 1.165) is 35.6 Å². The number of carbonyl (C=O) groups is 2. The van der Waals surface area contributed by atoms with Crippen molar-refractivity contribution in [2.45, 2.75) is 18.1 Å². The van der Waals surface area contributed by atoms with Crippen molar-refractivity contribution in [1.82, 2.24) is 15.2 Å². The number of benzene rings is 2. The van der Waals surface area contributed by atoms with Gasteiger partial charge in [-0.15, -0.1) is 0 Å². The van der Waals surface area contributed by atoms with Gasteiger partial charge in [-0.2, -0.15) is 13.2 Å². The Morgan fingerprint density at radius 3 is 2.54 bits per heavy atom. The maximum atomic E-state index is 14.3. The van der Waals surface area contributed by atoms with Crippen LogP contribution < -0.4 is 16.0 Å². The van der Waals surface area contributed by atoms with E-state index < -0.39 is 48.0 Å². The monoisotopic (exact) mass is 517 g/mol. The highest BCUT2D eigenvalue weighted by Crippen LogP contribution is 2.43. The third-order valence-electron chi connectivity index (χ3n) is 5.31. The fourth-order valence-corrected chi connectivity index (χ4v) is 4.65. The van der Waals surface area contributed by atoms with E-state index >= 15 is 0 Å². The molecule has 7 nitrogen and oxygen atoms in total. The van der Waals surface area contributed by atoms with E-state index in [1.54, 1.807) is 0 Å². The number of halogens is 6. The normalized spacial score (nSPS) is 18.8. The fraction of sp³-hybridized carbons (Fsp3) is 0.286. The largest absolute Gasteiger partial charge is 0.419 e. The number of carbonyl (C=O) groups excluding carboxylic acids is 2. The molecule has 3 aromatic rings. The van der Waals surface area contributed by atoms with Crippen LogP contribution in [0, 0.1) is 5.82 Å².